The van der Waals surface area contributed by atoms with E-state index in [9.17, 15) is 9.18 Å². The van der Waals surface area contributed by atoms with Crippen molar-refractivity contribution in [2.45, 2.75) is 13.0 Å². The van der Waals surface area contributed by atoms with E-state index in [1.807, 2.05) is 18.3 Å². The largest absolute Gasteiger partial charge is 0.356 e. The summed E-state index contributed by atoms with van der Waals surface area (Å²) in [6.07, 6.45) is 2.68. The first-order valence-corrected chi connectivity index (χ1v) is 10.4. The van der Waals surface area contributed by atoms with Crippen LogP contribution < -0.4 is 10.6 Å². The molecule has 3 rings (SSSR count). The summed E-state index contributed by atoms with van der Waals surface area (Å²) in [6.45, 7) is 1.20. The van der Waals surface area contributed by atoms with E-state index in [1.54, 1.807) is 42.2 Å². The van der Waals surface area contributed by atoms with Gasteiger partial charge in [-0.3, -0.25) is 4.79 Å². The van der Waals surface area contributed by atoms with Crippen LogP contribution in [0.2, 0.25) is 0 Å². The topological polar surface area (TPSA) is 74.5 Å². The minimum absolute atomic E-state index is 0. The number of halogens is 2. The van der Waals surface area contributed by atoms with Crippen molar-refractivity contribution in [3.05, 3.63) is 70.4 Å². The van der Waals surface area contributed by atoms with E-state index < -0.39 is 0 Å². The first-order valence-electron chi connectivity index (χ1n) is 9.56. The smallest absolute Gasteiger partial charge is 0.241 e. The lowest BCUT2D eigenvalue weighted by molar-refractivity contribution is -0.127. The van der Waals surface area contributed by atoms with E-state index in [0.717, 1.165) is 17.8 Å². The molecule has 2 N–H and O–H groups in total. The number of nitrogens with one attached hydrogen (secondary N) is 2. The predicted molar refractivity (Wildman–Crippen MR) is 133 cm³/mol. The van der Waals surface area contributed by atoms with Crippen molar-refractivity contribution in [1.82, 2.24) is 25.3 Å². The second-order valence-electron chi connectivity index (χ2n) is 6.79. The number of hydrogen-bond acceptors (Lipinski definition) is 4. The average molecular weight is 556 g/mol. The van der Waals surface area contributed by atoms with Crippen LogP contribution in [0, 0.1) is 5.82 Å². The molecule has 0 atom stereocenters. The van der Waals surface area contributed by atoms with Crippen molar-refractivity contribution in [2.75, 3.05) is 27.2 Å². The van der Waals surface area contributed by atoms with Gasteiger partial charge in [0.25, 0.3) is 0 Å². The molecule has 0 radical (unpaired) electrons. The maximum absolute atomic E-state index is 13.1. The number of guanidine groups is 1. The summed E-state index contributed by atoms with van der Waals surface area (Å²) < 4.78 is 14.8. The third-order valence-corrected chi connectivity index (χ3v) is 5.22. The van der Waals surface area contributed by atoms with Crippen LogP contribution in [0.1, 0.15) is 10.6 Å². The Balaban J connectivity index is 0.00000341. The maximum atomic E-state index is 13.1. The van der Waals surface area contributed by atoms with Crippen molar-refractivity contribution in [3.63, 3.8) is 0 Å². The third-order valence-electron chi connectivity index (χ3n) is 4.28. The highest BCUT2D eigenvalue weighted by Crippen LogP contribution is 2.10. The fourth-order valence-corrected chi connectivity index (χ4v) is 3.30. The molecule has 2 heterocycles. The van der Waals surface area contributed by atoms with Gasteiger partial charge in [-0.05, 0) is 48.2 Å². The third kappa shape index (κ3) is 7.94. The molecule has 0 saturated carbocycles. The number of aliphatic imine (C=N–C) groups is 1. The van der Waals surface area contributed by atoms with Gasteiger partial charge in [-0.15, -0.1) is 35.3 Å². The van der Waals surface area contributed by atoms with Crippen LogP contribution in [-0.2, 0) is 17.8 Å². The first-order chi connectivity index (χ1) is 14.5. The Morgan fingerprint density at radius 2 is 1.97 bits per heavy atom. The molecular weight excluding hydrogens is 530 g/mol. The number of nitrogens with zero attached hydrogens (tertiary/aromatic N) is 4. The van der Waals surface area contributed by atoms with Gasteiger partial charge >= 0.3 is 0 Å². The van der Waals surface area contributed by atoms with Crippen molar-refractivity contribution < 1.29 is 9.18 Å². The summed E-state index contributed by atoms with van der Waals surface area (Å²) in [5.74, 6) is 0.230. The minimum Gasteiger partial charge on any atom is -0.356 e. The van der Waals surface area contributed by atoms with Crippen LogP contribution >= 0.6 is 35.3 Å². The Morgan fingerprint density at radius 1 is 1.19 bits per heavy atom. The van der Waals surface area contributed by atoms with Crippen LogP contribution in [0.15, 0.2) is 59.0 Å². The van der Waals surface area contributed by atoms with Gasteiger partial charge in [0.1, 0.15) is 5.82 Å². The van der Waals surface area contributed by atoms with Gasteiger partial charge in [-0.1, -0.05) is 6.07 Å². The number of hydrogen-bond donors (Lipinski definition) is 2. The number of carbonyl (C=O) groups excluding carboxylic acids is 1. The molecule has 0 aliphatic carbocycles. The standard InChI is InChI=1S/C21H25FN6OS.HI/c1-27(2)20(29)15-25-21(23-11-9-19-4-3-13-30-19)24-14-17-10-12-28(26-17)18-7-5-16(22)6-8-18;/h3-8,10,12-13H,9,11,14-15H2,1-2H3,(H2,23,24,25);1H. The van der Waals surface area contributed by atoms with Gasteiger partial charge in [0.15, 0.2) is 5.96 Å². The second-order valence-corrected chi connectivity index (χ2v) is 7.82. The molecule has 0 bridgehead atoms. The summed E-state index contributed by atoms with van der Waals surface area (Å²) in [5, 5.41) is 12.9. The van der Waals surface area contributed by atoms with Crippen molar-refractivity contribution >= 4 is 47.2 Å². The molecule has 0 aliphatic heterocycles. The van der Waals surface area contributed by atoms with E-state index in [-0.39, 0.29) is 42.2 Å². The zero-order valence-electron chi connectivity index (χ0n) is 17.4. The lowest BCUT2D eigenvalue weighted by Crippen LogP contribution is -2.43. The molecule has 1 amide bonds. The summed E-state index contributed by atoms with van der Waals surface area (Å²) in [4.78, 5) is 19.3. The molecular formula is C21H26FIN6OS. The van der Waals surface area contributed by atoms with Gasteiger partial charge in [0.2, 0.25) is 5.91 Å². The SMILES string of the molecule is CN(C)C(=O)CNC(=NCc1ccn(-c2ccc(F)cc2)n1)NCCc1cccs1.I. The van der Waals surface area contributed by atoms with Gasteiger partial charge in [0, 0.05) is 31.7 Å². The number of aromatic nitrogens is 2. The highest BCUT2D eigenvalue weighted by Gasteiger charge is 2.07. The van der Waals surface area contributed by atoms with Gasteiger partial charge < -0.3 is 15.5 Å². The lowest BCUT2D eigenvalue weighted by Gasteiger charge is -2.14. The van der Waals surface area contributed by atoms with Crippen LogP contribution in [-0.4, -0.2) is 53.7 Å². The Bertz CT molecular complexity index is 972. The van der Waals surface area contributed by atoms with Crippen LogP contribution in [0.5, 0.6) is 0 Å². The summed E-state index contributed by atoms with van der Waals surface area (Å²) in [5.41, 5.74) is 1.54. The van der Waals surface area contributed by atoms with E-state index >= 15 is 0 Å². The number of amides is 1. The molecule has 2 aromatic heterocycles. The molecule has 0 unspecified atom stereocenters. The molecule has 10 heteroatoms. The van der Waals surface area contributed by atoms with Gasteiger partial charge in [-0.25, -0.2) is 14.1 Å². The fraction of sp³-hybridized carbons (Fsp3) is 0.286. The van der Waals surface area contributed by atoms with Gasteiger partial charge in [-0.2, -0.15) is 5.10 Å². The molecule has 0 saturated heterocycles. The quantitative estimate of drug-likeness (QED) is 0.254. The zero-order valence-corrected chi connectivity index (χ0v) is 20.6. The van der Waals surface area contributed by atoms with E-state index in [4.69, 9.17) is 0 Å². The molecule has 166 valence electrons. The minimum atomic E-state index is -0.285. The number of likely N-dealkylation sites (N-methyl/N-ethyl adjacent to an activating group) is 1. The molecule has 0 spiro atoms. The zero-order chi connectivity index (χ0) is 21.3. The van der Waals surface area contributed by atoms with E-state index in [1.165, 1.54) is 21.9 Å². The lowest BCUT2D eigenvalue weighted by atomic mass is 10.3. The summed E-state index contributed by atoms with van der Waals surface area (Å²) >= 11 is 1.71. The normalized spacial score (nSPS) is 11.0. The predicted octanol–water partition coefficient (Wildman–Crippen LogP) is 3.06. The molecule has 0 fully saturated rings. The maximum Gasteiger partial charge on any atom is 0.241 e. The van der Waals surface area contributed by atoms with Crippen LogP contribution in [0.4, 0.5) is 4.39 Å². The van der Waals surface area contributed by atoms with E-state index in [0.29, 0.717) is 19.0 Å². The molecule has 1 aromatic carbocycles. The highest BCUT2D eigenvalue weighted by atomic mass is 127. The molecule has 3 aromatic rings. The Labute approximate surface area is 202 Å². The van der Waals surface area contributed by atoms with Gasteiger partial charge in [0.05, 0.1) is 24.5 Å². The molecule has 31 heavy (non-hydrogen) atoms. The molecule has 0 aliphatic rings. The number of carbonyl (C=O) groups is 1. The number of rotatable bonds is 8. The monoisotopic (exact) mass is 556 g/mol. The summed E-state index contributed by atoms with van der Waals surface area (Å²) in [6, 6.07) is 12.1. The fourth-order valence-electron chi connectivity index (χ4n) is 2.59. The van der Waals surface area contributed by atoms with E-state index in [2.05, 4.69) is 32.2 Å². The Morgan fingerprint density at radius 3 is 2.65 bits per heavy atom. The Kier molecular flexibility index (Phi) is 9.92. The van der Waals surface area contributed by atoms with Crippen LogP contribution in [0.3, 0.4) is 0 Å². The number of thiophene rings is 1. The average Bonchev–Trinajstić information content (AvgIpc) is 3.42. The van der Waals surface area contributed by atoms with Crippen molar-refractivity contribution in [2.24, 2.45) is 4.99 Å². The number of benzene rings is 1. The van der Waals surface area contributed by atoms with Crippen LogP contribution in [0.25, 0.3) is 5.69 Å². The second kappa shape index (κ2) is 12.4. The summed E-state index contributed by atoms with van der Waals surface area (Å²) in [7, 11) is 3.43. The molecule has 7 nitrogen and oxygen atoms in total. The van der Waals surface area contributed by atoms with Crippen molar-refractivity contribution in [3.8, 4) is 5.69 Å². The Hall–Kier alpha value is -2.47. The van der Waals surface area contributed by atoms with Crippen molar-refractivity contribution in [1.29, 1.82) is 0 Å². The highest BCUT2D eigenvalue weighted by molar-refractivity contribution is 14.0. The first kappa shape index (κ1) is 24.8.